The van der Waals surface area contributed by atoms with E-state index in [4.69, 9.17) is 5.73 Å². The number of nitrogens with one attached hydrogen (secondary N) is 1. The topological polar surface area (TPSA) is 71.2 Å². The van der Waals surface area contributed by atoms with Crippen LogP contribution in [0.1, 0.15) is 33.9 Å². The van der Waals surface area contributed by atoms with Crippen LogP contribution in [0.25, 0.3) is 0 Å². The van der Waals surface area contributed by atoms with Crippen LogP contribution in [-0.2, 0) is 13.1 Å². The van der Waals surface area contributed by atoms with Crippen LogP contribution in [0.3, 0.4) is 0 Å². The zero-order valence-corrected chi connectivity index (χ0v) is 16.6. The third-order valence-electron chi connectivity index (χ3n) is 4.20. The van der Waals surface area contributed by atoms with E-state index >= 15 is 0 Å². The summed E-state index contributed by atoms with van der Waals surface area (Å²) < 4.78 is 12.9. The second-order valence-electron chi connectivity index (χ2n) is 5.98. The number of nitrogens with two attached hydrogens (primary N) is 1. The first kappa shape index (κ1) is 22.8. The highest BCUT2D eigenvalue weighted by Crippen LogP contribution is 2.15. The number of benzene rings is 1. The zero-order chi connectivity index (χ0) is 16.9. The Labute approximate surface area is 169 Å². The van der Waals surface area contributed by atoms with Crippen molar-refractivity contribution in [2.45, 2.75) is 32.0 Å². The first-order valence-electron chi connectivity index (χ1n) is 8.06. The second kappa shape index (κ2) is 10.8. The average Bonchev–Trinajstić information content (AvgIpc) is 3.08. The van der Waals surface area contributed by atoms with E-state index in [1.54, 1.807) is 5.38 Å². The molecule has 26 heavy (non-hydrogen) atoms. The number of amides is 1. The highest BCUT2D eigenvalue weighted by molar-refractivity contribution is 7.09. The quantitative estimate of drug-likeness (QED) is 0.779. The SMILES string of the molecule is Cl.Cl.NCc1nc(C(=O)NC2CCN(Cc3ccc(F)cc3)CC2)cs1. The molecule has 5 nitrogen and oxygen atoms in total. The molecule has 0 atom stereocenters. The fraction of sp³-hybridized carbons (Fsp3) is 0.412. The molecule has 144 valence electrons. The molecule has 3 N–H and O–H groups in total. The van der Waals surface area contributed by atoms with Gasteiger partial charge in [0.05, 0.1) is 0 Å². The number of aromatic nitrogens is 1. The maximum atomic E-state index is 12.9. The number of carbonyl (C=O) groups is 1. The number of likely N-dealkylation sites (tertiary alicyclic amines) is 1. The summed E-state index contributed by atoms with van der Waals surface area (Å²) in [4.78, 5) is 18.7. The molecule has 1 fully saturated rings. The Morgan fingerprint density at radius 3 is 2.50 bits per heavy atom. The van der Waals surface area contributed by atoms with Gasteiger partial charge >= 0.3 is 0 Å². The largest absolute Gasteiger partial charge is 0.348 e. The van der Waals surface area contributed by atoms with Gasteiger partial charge < -0.3 is 11.1 Å². The van der Waals surface area contributed by atoms with Crippen LogP contribution < -0.4 is 11.1 Å². The van der Waals surface area contributed by atoms with Crippen molar-refractivity contribution >= 4 is 42.1 Å². The van der Waals surface area contributed by atoms with Crippen molar-refractivity contribution in [2.75, 3.05) is 13.1 Å². The number of piperidine rings is 1. The van der Waals surface area contributed by atoms with Gasteiger partial charge in [-0.05, 0) is 30.5 Å². The van der Waals surface area contributed by atoms with E-state index in [0.717, 1.165) is 43.0 Å². The molecule has 0 bridgehead atoms. The van der Waals surface area contributed by atoms with Crippen molar-refractivity contribution in [1.29, 1.82) is 0 Å². The zero-order valence-electron chi connectivity index (χ0n) is 14.2. The summed E-state index contributed by atoms with van der Waals surface area (Å²) in [6.45, 7) is 2.99. The van der Waals surface area contributed by atoms with Crippen LogP contribution in [0.15, 0.2) is 29.6 Å². The molecule has 0 unspecified atom stereocenters. The Bertz CT molecular complexity index is 690. The Balaban J connectivity index is 0.00000169. The summed E-state index contributed by atoms with van der Waals surface area (Å²) in [7, 11) is 0. The molecule has 9 heteroatoms. The molecule has 1 amide bonds. The average molecular weight is 421 g/mol. The Hall–Kier alpha value is -1.25. The lowest BCUT2D eigenvalue weighted by molar-refractivity contribution is 0.0904. The number of thiazole rings is 1. The van der Waals surface area contributed by atoms with E-state index in [0.29, 0.717) is 12.2 Å². The van der Waals surface area contributed by atoms with Crippen LogP contribution in [0.2, 0.25) is 0 Å². The lowest BCUT2D eigenvalue weighted by atomic mass is 10.0. The first-order valence-corrected chi connectivity index (χ1v) is 8.94. The highest BCUT2D eigenvalue weighted by atomic mass is 35.5. The fourth-order valence-corrected chi connectivity index (χ4v) is 3.51. The molecule has 0 radical (unpaired) electrons. The van der Waals surface area contributed by atoms with E-state index in [9.17, 15) is 9.18 Å². The molecular weight excluding hydrogens is 398 g/mol. The minimum Gasteiger partial charge on any atom is -0.348 e. The van der Waals surface area contributed by atoms with E-state index in [1.165, 1.54) is 23.5 Å². The van der Waals surface area contributed by atoms with Gasteiger partial charge in [-0.2, -0.15) is 0 Å². The number of hydrogen-bond donors (Lipinski definition) is 2. The van der Waals surface area contributed by atoms with Crippen molar-refractivity contribution in [2.24, 2.45) is 5.73 Å². The number of halogens is 3. The molecule has 1 aromatic carbocycles. The minimum atomic E-state index is -0.208. The molecule has 1 aliphatic rings. The van der Waals surface area contributed by atoms with Crippen molar-refractivity contribution in [1.82, 2.24) is 15.2 Å². The molecule has 0 aliphatic carbocycles. The van der Waals surface area contributed by atoms with Gasteiger partial charge in [0.2, 0.25) is 0 Å². The normalized spacial score (nSPS) is 15.0. The predicted octanol–water partition coefficient (Wildman–Crippen LogP) is 2.98. The molecular formula is C17H23Cl2FN4OS. The number of nitrogens with zero attached hydrogens (tertiary/aromatic N) is 2. The van der Waals surface area contributed by atoms with Gasteiger partial charge in [0.15, 0.2) is 0 Å². The summed E-state index contributed by atoms with van der Waals surface area (Å²) in [5, 5.41) is 5.58. The third kappa shape index (κ3) is 6.17. The van der Waals surface area contributed by atoms with Gasteiger partial charge in [0.25, 0.3) is 5.91 Å². The third-order valence-corrected chi connectivity index (χ3v) is 5.07. The maximum absolute atomic E-state index is 12.9. The number of hydrogen-bond acceptors (Lipinski definition) is 5. The smallest absolute Gasteiger partial charge is 0.270 e. The molecule has 2 aromatic rings. The van der Waals surface area contributed by atoms with Crippen molar-refractivity contribution in [3.63, 3.8) is 0 Å². The molecule has 0 spiro atoms. The Morgan fingerprint density at radius 2 is 1.92 bits per heavy atom. The van der Waals surface area contributed by atoms with Crippen LogP contribution in [0.5, 0.6) is 0 Å². The lowest BCUT2D eigenvalue weighted by Gasteiger charge is -2.32. The summed E-state index contributed by atoms with van der Waals surface area (Å²) in [6, 6.07) is 6.79. The van der Waals surface area contributed by atoms with Crippen molar-refractivity contribution < 1.29 is 9.18 Å². The van der Waals surface area contributed by atoms with Crippen LogP contribution >= 0.6 is 36.2 Å². The van der Waals surface area contributed by atoms with E-state index < -0.39 is 0 Å². The summed E-state index contributed by atoms with van der Waals surface area (Å²) in [6.07, 6.45) is 1.81. The summed E-state index contributed by atoms with van der Waals surface area (Å²) in [5.74, 6) is -0.331. The van der Waals surface area contributed by atoms with Gasteiger partial charge in [-0.15, -0.1) is 36.2 Å². The van der Waals surface area contributed by atoms with Crippen LogP contribution in [0.4, 0.5) is 4.39 Å². The molecule has 1 aromatic heterocycles. The standard InChI is InChI=1S/C17H21FN4OS.2ClH/c18-13-3-1-12(2-4-13)10-22-7-5-14(6-8-22)20-17(23)15-11-24-16(9-19)21-15;;/h1-4,11,14H,5-10,19H2,(H,20,23);2*1H. The van der Waals surface area contributed by atoms with Gasteiger partial charge in [-0.25, -0.2) is 9.37 Å². The lowest BCUT2D eigenvalue weighted by Crippen LogP contribution is -2.44. The summed E-state index contributed by atoms with van der Waals surface area (Å²) >= 11 is 1.41. The molecule has 2 heterocycles. The predicted molar refractivity (Wildman–Crippen MR) is 107 cm³/mol. The van der Waals surface area contributed by atoms with E-state index in [2.05, 4.69) is 15.2 Å². The van der Waals surface area contributed by atoms with Gasteiger partial charge in [-0.1, -0.05) is 12.1 Å². The number of rotatable bonds is 5. The molecule has 1 saturated heterocycles. The summed E-state index contributed by atoms with van der Waals surface area (Å²) in [5.41, 5.74) is 7.08. The van der Waals surface area contributed by atoms with Crippen molar-refractivity contribution in [3.8, 4) is 0 Å². The molecule has 1 aliphatic heterocycles. The van der Waals surface area contributed by atoms with Crippen LogP contribution in [0, 0.1) is 5.82 Å². The molecule has 0 saturated carbocycles. The Kier molecular flexibility index (Phi) is 9.46. The van der Waals surface area contributed by atoms with Gasteiger partial charge in [0, 0.05) is 37.6 Å². The minimum absolute atomic E-state index is 0. The highest BCUT2D eigenvalue weighted by Gasteiger charge is 2.22. The number of carbonyl (C=O) groups excluding carboxylic acids is 1. The first-order chi connectivity index (χ1) is 11.6. The second-order valence-corrected chi connectivity index (χ2v) is 6.92. The Morgan fingerprint density at radius 1 is 1.27 bits per heavy atom. The van der Waals surface area contributed by atoms with Crippen LogP contribution in [-0.4, -0.2) is 34.9 Å². The van der Waals surface area contributed by atoms with Gasteiger partial charge in [0.1, 0.15) is 16.5 Å². The van der Waals surface area contributed by atoms with Gasteiger partial charge in [-0.3, -0.25) is 9.69 Å². The van der Waals surface area contributed by atoms with E-state index in [-0.39, 0.29) is 42.6 Å². The van der Waals surface area contributed by atoms with E-state index in [1.807, 2.05) is 12.1 Å². The molecule has 3 rings (SSSR count). The monoisotopic (exact) mass is 420 g/mol. The fourth-order valence-electron chi connectivity index (χ4n) is 2.85. The van der Waals surface area contributed by atoms with Crippen molar-refractivity contribution in [3.05, 3.63) is 51.7 Å². The maximum Gasteiger partial charge on any atom is 0.270 e.